The molecular weight excluding hydrogens is 455 g/mol. The van der Waals surface area contributed by atoms with E-state index < -0.39 is 11.8 Å². The summed E-state index contributed by atoms with van der Waals surface area (Å²) in [5, 5.41) is 0.623. The van der Waals surface area contributed by atoms with E-state index in [1.54, 1.807) is 12.1 Å². The molecule has 31 heavy (non-hydrogen) atoms. The molecule has 0 radical (unpaired) electrons. The van der Waals surface area contributed by atoms with Gasteiger partial charge in [0.25, 0.3) is 11.8 Å². The third kappa shape index (κ3) is 4.44. The van der Waals surface area contributed by atoms with Crippen LogP contribution in [0.4, 0.5) is 0 Å². The number of nitrogens with one attached hydrogen (secondary N) is 2. The molecular formula is C22H18Cl2N4O2S. The number of amides is 2. The van der Waals surface area contributed by atoms with Gasteiger partial charge in [-0.05, 0) is 48.9 Å². The van der Waals surface area contributed by atoms with Crippen LogP contribution >= 0.6 is 34.5 Å². The molecule has 0 saturated carbocycles. The SMILES string of the molecule is CCCn1c(-c2ccc(C(=O)NNC(=O)c3ccc(Cl)cc3Cl)s2)nc2ccccc21. The van der Waals surface area contributed by atoms with Gasteiger partial charge in [0.05, 0.1) is 31.4 Å². The number of halogens is 2. The summed E-state index contributed by atoms with van der Waals surface area (Å²) in [7, 11) is 0. The molecule has 0 fully saturated rings. The number of benzene rings is 2. The molecule has 2 aromatic carbocycles. The van der Waals surface area contributed by atoms with E-state index in [0.717, 1.165) is 34.7 Å². The van der Waals surface area contributed by atoms with E-state index >= 15 is 0 Å². The molecule has 0 bridgehead atoms. The number of hydrogen-bond acceptors (Lipinski definition) is 4. The lowest BCUT2D eigenvalue weighted by Gasteiger charge is -2.08. The molecule has 0 aliphatic rings. The second-order valence-electron chi connectivity index (χ2n) is 6.77. The molecule has 4 aromatic rings. The van der Waals surface area contributed by atoms with Crippen molar-refractivity contribution in [2.75, 3.05) is 0 Å². The highest BCUT2D eigenvalue weighted by Crippen LogP contribution is 2.31. The van der Waals surface area contributed by atoms with Gasteiger partial charge in [-0.2, -0.15) is 0 Å². The predicted molar refractivity (Wildman–Crippen MR) is 125 cm³/mol. The van der Waals surface area contributed by atoms with Crippen molar-refractivity contribution in [3.63, 3.8) is 0 Å². The second-order valence-corrected chi connectivity index (χ2v) is 8.70. The number of carbonyl (C=O) groups excluding carboxylic acids is 2. The van der Waals surface area contributed by atoms with Crippen molar-refractivity contribution in [3.05, 3.63) is 75.1 Å². The van der Waals surface area contributed by atoms with E-state index in [-0.39, 0.29) is 10.6 Å². The van der Waals surface area contributed by atoms with Crippen molar-refractivity contribution in [3.8, 4) is 10.7 Å². The summed E-state index contributed by atoms with van der Waals surface area (Å²) >= 11 is 13.2. The fourth-order valence-corrected chi connectivity index (χ4v) is 4.60. The van der Waals surface area contributed by atoms with Crippen LogP contribution in [-0.4, -0.2) is 21.4 Å². The molecule has 2 N–H and O–H groups in total. The van der Waals surface area contributed by atoms with Gasteiger partial charge in [0, 0.05) is 11.6 Å². The zero-order valence-corrected chi connectivity index (χ0v) is 18.8. The zero-order chi connectivity index (χ0) is 22.0. The summed E-state index contributed by atoms with van der Waals surface area (Å²) in [6.45, 7) is 2.94. The van der Waals surface area contributed by atoms with Crippen LogP contribution in [0.2, 0.25) is 10.0 Å². The smallest absolute Gasteiger partial charge is 0.279 e. The highest BCUT2D eigenvalue weighted by atomic mass is 35.5. The Balaban J connectivity index is 1.51. The summed E-state index contributed by atoms with van der Waals surface area (Å²) in [6, 6.07) is 16.1. The first-order valence-corrected chi connectivity index (χ1v) is 11.2. The molecule has 4 rings (SSSR count). The monoisotopic (exact) mass is 472 g/mol. The molecule has 158 valence electrons. The minimum Gasteiger partial charge on any atom is -0.323 e. The van der Waals surface area contributed by atoms with E-state index in [1.165, 1.54) is 23.5 Å². The molecule has 0 aliphatic carbocycles. The number of carbonyl (C=O) groups is 2. The highest BCUT2D eigenvalue weighted by Gasteiger charge is 2.17. The quantitative estimate of drug-likeness (QED) is 0.373. The first-order chi connectivity index (χ1) is 15.0. The lowest BCUT2D eigenvalue weighted by molar-refractivity contribution is 0.0849. The summed E-state index contributed by atoms with van der Waals surface area (Å²) < 4.78 is 2.16. The minimum absolute atomic E-state index is 0.201. The number of rotatable bonds is 5. The Hall–Kier alpha value is -2.87. The average molecular weight is 473 g/mol. The lowest BCUT2D eigenvalue weighted by atomic mass is 10.2. The maximum absolute atomic E-state index is 12.6. The summed E-state index contributed by atoms with van der Waals surface area (Å²) in [5.41, 5.74) is 6.99. The fourth-order valence-electron chi connectivity index (χ4n) is 3.21. The van der Waals surface area contributed by atoms with Crippen molar-refractivity contribution in [1.82, 2.24) is 20.4 Å². The number of hydrazine groups is 1. The van der Waals surface area contributed by atoms with Crippen molar-refractivity contribution in [2.45, 2.75) is 19.9 Å². The molecule has 0 unspecified atom stereocenters. The molecule has 0 atom stereocenters. The number of aromatic nitrogens is 2. The largest absolute Gasteiger partial charge is 0.323 e. The van der Waals surface area contributed by atoms with Gasteiger partial charge in [0.15, 0.2) is 5.82 Å². The number of thiophene rings is 1. The number of fused-ring (bicyclic) bond motifs is 1. The fraction of sp³-hybridized carbons (Fsp3) is 0.136. The van der Waals surface area contributed by atoms with Gasteiger partial charge in [0.2, 0.25) is 0 Å². The molecule has 2 aromatic heterocycles. The number of nitrogens with zero attached hydrogens (tertiary/aromatic N) is 2. The minimum atomic E-state index is -0.531. The first kappa shape index (κ1) is 21.4. The van der Waals surface area contributed by atoms with Gasteiger partial charge in [-0.25, -0.2) is 4.98 Å². The van der Waals surface area contributed by atoms with Gasteiger partial charge in [-0.15, -0.1) is 11.3 Å². The third-order valence-electron chi connectivity index (χ3n) is 4.62. The molecule has 6 nitrogen and oxygen atoms in total. The lowest BCUT2D eigenvalue weighted by Crippen LogP contribution is -2.41. The molecule has 0 spiro atoms. The van der Waals surface area contributed by atoms with Crippen LogP contribution in [0.1, 0.15) is 33.4 Å². The van der Waals surface area contributed by atoms with E-state index in [1.807, 2.05) is 30.3 Å². The highest BCUT2D eigenvalue weighted by molar-refractivity contribution is 7.17. The molecule has 0 aliphatic heterocycles. The molecule has 2 heterocycles. The third-order valence-corrected chi connectivity index (χ3v) is 6.25. The Morgan fingerprint density at radius 1 is 1.03 bits per heavy atom. The van der Waals surface area contributed by atoms with E-state index in [2.05, 4.69) is 22.3 Å². The zero-order valence-electron chi connectivity index (χ0n) is 16.5. The Morgan fingerprint density at radius 2 is 1.81 bits per heavy atom. The van der Waals surface area contributed by atoms with Gasteiger partial charge < -0.3 is 4.57 Å². The van der Waals surface area contributed by atoms with Crippen LogP contribution in [-0.2, 0) is 6.54 Å². The average Bonchev–Trinajstić information content (AvgIpc) is 3.37. The van der Waals surface area contributed by atoms with Crippen LogP contribution in [0.3, 0.4) is 0 Å². The molecule has 2 amide bonds. The molecule has 0 saturated heterocycles. The summed E-state index contributed by atoms with van der Waals surface area (Å²) in [6.07, 6.45) is 0.964. The van der Waals surface area contributed by atoms with E-state index in [9.17, 15) is 9.59 Å². The maximum Gasteiger partial charge on any atom is 0.279 e. The van der Waals surface area contributed by atoms with Gasteiger partial charge >= 0.3 is 0 Å². The summed E-state index contributed by atoms with van der Waals surface area (Å²) in [4.78, 5) is 30.9. The molecule has 9 heteroatoms. The van der Waals surface area contributed by atoms with Crippen molar-refractivity contribution in [2.24, 2.45) is 0 Å². The Bertz CT molecular complexity index is 1280. The van der Waals surface area contributed by atoms with Crippen LogP contribution < -0.4 is 10.9 Å². The number of para-hydroxylation sites is 2. The van der Waals surface area contributed by atoms with Crippen LogP contribution in [0, 0.1) is 0 Å². The maximum atomic E-state index is 12.6. The van der Waals surface area contributed by atoms with E-state index in [0.29, 0.717) is 9.90 Å². The van der Waals surface area contributed by atoms with Gasteiger partial charge in [0.1, 0.15) is 0 Å². The Labute approximate surface area is 192 Å². The van der Waals surface area contributed by atoms with Crippen LogP contribution in [0.15, 0.2) is 54.6 Å². The Kier molecular flexibility index (Phi) is 6.27. The van der Waals surface area contributed by atoms with Gasteiger partial charge in [-0.1, -0.05) is 42.3 Å². The topological polar surface area (TPSA) is 76.0 Å². The number of hydrogen-bond donors (Lipinski definition) is 2. The predicted octanol–water partition coefficient (Wildman–Crippen LogP) is 5.56. The first-order valence-electron chi connectivity index (χ1n) is 9.59. The number of imidazole rings is 1. The normalized spacial score (nSPS) is 10.9. The van der Waals surface area contributed by atoms with Crippen molar-refractivity contribution < 1.29 is 9.59 Å². The Morgan fingerprint density at radius 3 is 2.58 bits per heavy atom. The van der Waals surface area contributed by atoms with Crippen molar-refractivity contribution in [1.29, 1.82) is 0 Å². The van der Waals surface area contributed by atoms with Crippen LogP contribution in [0.25, 0.3) is 21.7 Å². The second kappa shape index (κ2) is 9.09. The standard InChI is InChI=1S/C22H18Cl2N4O2S/c1-2-11-28-17-6-4-3-5-16(17)25-20(28)18-9-10-19(31-18)22(30)27-26-21(29)14-8-7-13(23)12-15(14)24/h3-10,12H,2,11H2,1H3,(H,26,29)(H,27,30). The van der Waals surface area contributed by atoms with E-state index in [4.69, 9.17) is 28.2 Å². The summed E-state index contributed by atoms with van der Waals surface area (Å²) in [5.74, 6) is -0.131. The van der Waals surface area contributed by atoms with Crippen molar-refractivity contribution >= 4 is 57.4 Å². The van der Waals surface area contributed by atoms with Crippen LogP contribution in [0.5, 0.6) is 0 Å². The number of aryl methyl sites for hydroxylation is 1. The van der Waals surface area contributed by atoms with Gasteiger partial charge in [-0.3, -0.25) is 20.4 Å².